The van der Waals surface area contributed by atoms with Gasteiger partial charge in [-0.25, -0.2) is 13.3 Å². The Morgan fingerprint density at radius 1 is 1.26 bits per heavy atom. The van der Waals surface area contributed by atoms with Crippen molar-refractivity contribution in [1.82, 2.24) is 19.5 Å². The van der Waals surface area contributed by atoms with E-state index in [1.165, 1.54) is 28.3 Å². The highest BCUT2D eigenvalue weighted by Gasteiger charge is 2.16. The molecule has 0 aliphatic heterocycles. The highest BCUT2D eigenvalue weighted by Crippen LogP contribution is 2.11. The van der Waals surface area contributed by atoms with Gasteiger partial charge in [-0.3, -0.25) is 9.36 Å². The van der Waals surface area contributed by atoms with Crippen LogP contribution >= 0.6 is 0 Å². The second kappa shape index (κ2) is 6.29. The van der Waals surface area contributed by atoms with Gasteiger partial charge in [0.25, 0.3) is 5.56 Å². The van der Waals surface area contributed by atoms with Crippen molar-refractivity contribution in [3.8, 4) is 5.69 Å². The molecule has 1 N–H and O–H groups in total. The first-order valence-corrected chi connectivity index (χ1v) is 7.27. The van der Waals surface area contributed by atoms with E-state index in [1.54, 1.807) is 24.3 Å². The van der Waals surface area contributed by atoms with Crippen LogP contribution in [0.15, 0.2) is 47.4 Å². The van der Waals surface area contributed by atoms with E-state index in [1.807, 2.05) is 6.07 Å². The maximum Gasteiger partial charge on any atom is 0.285 e. The van der Waals surface area contributed by atoms with Crippen LogP contribution < -0.4 is 10.9 Å². The molecule has 0 saturated carbocycles. The molecule has 5 nitrogen and oxygen atoms in total. The zero-order valence-corrected chi connectivity index (χ0v) is 12.5. The Bertz CT molecular complexity index is 871. The third kappa shape index (κ3) is 3.00. The molecule has 0 bridgehead atoms. The lowest BCUT2D eigenvalue weighted by Crippen LogP contribution is -2.31. The van der Waals surface area contributed by atoms with Crippen LogP contribution in [-0.2, 0) is 6.54 Å². The van der Waals surface area contributed by atoms with Gasteiger partial charge in [0.05, 0.1) is 12.2 Å². The molecule has 0 aliphatic carbocycles. The minimum Gasteiger partial charge on any atom is -0.307 e. The van der Waals surface area contributed by atoms with Gasteiger partial charge in [-0.05, 0) is 25.1 Å². The van der Waals surface area contributed by atoms with Crippen LogP contribution in [0, 0.1) is 5.82 Å². The van der Waals surface area contributed by atoms with Gasteiger partial charge >= 0.3 is 0 Å². The normalized spacial score (nSPS) is 12.7. The second-order valence-corrected chi connectivity index (χ2v) is 5.26. The van der Waals surface area contributed by atoms with E-state index in [4.69, 9.17) is 0 Å². The van der Waals surface area contributed by atoms with Crippen molar-refractivity contribution < 1.29 is 8.78 Å². The summed E-state index contributed by atoms with van der Waals surface area (Å²) in [4.78, 5) is 12.7. The molecule has 0 radical (unpaired) electrons. The highest BCUT2D eigenvalue weighted by atomic mass is 19.1. The predicted molar refractivity (Wildman–Crippen MR) is 83.0 cm³/mol. The Morgan fingerprint density at radius 2 is 2.00 bits per heavy atom. The van der Waals surface area contributed by atoms with Gasteiger partial charge in [0.2, 0.25) is 0 Å². The maximum absolute atomic E-state index is 13.9. The Hall–Kier alpha value is -2.54. The predicted octanol–water partition coefficient (Wildman–Crippen LogP) is 2.07. The second-order valence-electron chi connectivity index (χ2n) is 5.26. The fourth-order valence-electron chi connectivity index (χ4n) is 2.42. The van der Waals surface area contributed by atoms with Gasteiger partial charge in [-0.15, -0.1) is 0 Å². The molecule has 0 aliphatic rings. The molecule has 0 spiro atoms. The van der Waals surface area contributed by atoms with Crippen LogP contribution in [0.1, 0.15) is 12.7 Å². The average Bonchev–Trinajstić information content (AvgIpc) is 2.89. The molecular weight excluding hydrogens is 302 g/mol. The van der Waals surface area contributed by atoms with E-state index in [9.17, 15) is 13.6 Å². The maximum atomic E-state index is 13.9. The van der Waals surface area contributed by atoms with Crippen LogP contribution in [0.3, 0.4) is 0 Å². The quantitative estimate of drug-likeness (QED) is 0.783. The lowest BCUT2D eigenvalue weighted by atomic mass is 10.3. The third-order valence-electron chi connectivity index (χ3n) is 3.43. The Balaban J connectivity index is 2.15. The van der Waals surface area contributed by atoms with E-state index in [-0.39, 0.29) is 18.6 Å². The zero-order valence-electron chi connectivity index (χ0n) is 12.5. The summed E-state index contributed by atoms with van der Waals surface area (Å²) in [6, 6.07) is 10.0. The molecule has 1 atom stereocenters. The number of benzene rings is 1. The Kier molecular flexibility index (Phi) is 4.20. The number of rotatable bonds is 5. The summed E-state index contributed by atoms with van der Waals surface area (Å²) in [6.45, 7) is 1.77. The van der Waals surface area contributed by atoms with E-state index in [0.29, 0.717) is 11.5 Å². The van der Waals surface area contributed by atoms with Crippen molar-refractivity contribution in [3.05, 3.63) is 64.6 Å². The van der Waals surface area contributed by atoms with E-state index in [2.05, 4.69) is 10.4 Å². The number of aromatic nitrogens is 3. The number of fused-ring (bicyclic) bond motifs is 1. The SMILES string of the molecule is CC(F)CNCc1nn2ccc(F)c2c(=O)n1-c1ccccc1. The Labute approximate surface area is 131 Å². The number of nitrogens with zero attached hydrogens (tertiary/aromatic N) is 3. The van der Waals surface area contributed by atoms with Crippen LogP contribution in [0.5, 0.6) is 0 Å². The number of nitrogens with one attached hydrogen (secondary N) is 1. The van der Waals surface area contributed by atoms with Gasteiger partial charge in [0, 0.05) is 12.7 Å². The van der Waals surface area contributed by atoms with Gasteiger partial charge in [-0.2, -0.15) is 5.10 Å². The van der Waals surface area contributed by atoms with E-state index in [0.717, 1.165) is 0 Å². The summed E-state index contributed by atoms with van der Waals surface area (Å²) in [6.07, 6.45) is 0.377. The molecular formula is C16H16F2N4O. The van der Waals surface area contributed by atoms with Crippen LogP contribution in [0.2, 0.25) is 0 Å². The first-order valence-electron chi connectivity index (χ1n) is 7.27. The summed E-state index contributed by atoms with van der Waals surface area (Å²) in [5.41, 5.74) is -0.0338. The summed E-state index contributed by atoms with van der Waals surface area (Å²) in [5, 5.41) is 7.19. The van der Waals surface area contributed by atoms with Crippen LogP contribution in [-0.4, -0.2) is 26.9 Å². The van der Waals surface area contributed by atoms with Gasteiger partial charge in [0.15, 0.2) is 17.2 Å². The summed E-state index contributed by atoms with van der Waals surface area (Å²) < 4.78 is 29.4. The summed E-state index contributed by atoms with van der Waals surface area (Å²) in [7, 11) is 0. The van der Waals surface area contributed by atoms with E-state index < -0.39 is 17.5 Å². The summed E-state index contributed by atoms with van der Waals surface area (Å²) in [5.74, 6) is -0.242. The molecule has 3 aromatic rings. The zero-order chi connectivity index (χ0) is 16.4. The lowest BCUT2D eigenvalue weighted by molar-refractivity contribution is 0.342. The van der Waals surface area contributed by atoms with Gasteiger partial charge < -0.3 is 5.32 Å². The minimum absolute atomic E-state index is 0.114. The molecule has 23 heavy (non-hydrogen) atoms. The van der Waals surface area contributed by atoms with Crippen LogP contribution in [0.25, 0.3) is 11.2 Å². The monoisotopic (exact) mass is 318 g/mol. The number of hydrogen-bond acceptors (Lipinski definition) is 3. The topological polar surface area (TPSA) is 51.3 Å². The smallest absolute Gasteiger partial charge is 0.285 e. The first kappa shape index (κ1) is 15.4. The van der Waals surface area contributed by atoms with Crippen molar-refractivity contribution in [2.24, 2.45) is 0 Å². The van der Waals surface area contributed by atoms with Gasteiger partial charge in [0.1, 0.15) is 6.17 Å². The highest BCUT2D eigenvalue weighted by molar-refractivity contribution is 5.48. The molecule has 3 rings (SSSR count). The van der Waals surface area contributed by atoms with E-state index >= 15 is 0 Å². The van der Waals surface area contributed by atoms with Crippen molar-refractivity contribution in [3.63, 3.8) is 0 Å². The fourth-order valence-corrected chi connectivity index (χ4v) is 2.42. The molecule has 2 aromatic heterocycles. The lowest BCUT2D eigenvalue weighted by Gasteiger charge is -2.13. The molecule has 0 amide bonds. The molecule has 1 unspecified atom stereocenters. The number of para-hydroxylation sites is 1. The number of halogens is 2. The molecule has 2 heterocycles. The molecule has 0 fully saturated rings. The van der Waals surface area contributed by atoms with Crippen molar-refractivity contribution in [1.29, 1.82) is 0 Å². The standard InChI is InChI=1S/C16H16F2N4O/c1-11(17)9-19-10-14-20-21-8-7-13(18)15(21)16(23)22(14)12-5-3-2-4-6-12/h2-8,11,19H,9-10H2,1H3. The van der Waals surface area contributed by atoms with Gasteiger partial charge in [-0.1, -0.05) is 18.2 Å². The fraction of sp³-hybridized carbons (Fsp3) is 0.250. The van der Waals surface area contributed by atoms with Crippen LogP contribution in [0.4, 0.5) is 8.78 Å². The van der Waals surface area contributed by atoms with Crippen molar-refractivity contribution in [2.45, 2.75) is 19.6 Å². The van der Waals surface area contributed by atoms with Crippen molar-refractivity contribution >= 4 is 5.52 Å². The van der Waals surface area contributed by atoms with Crippen molar-refractivity contribution in [2.75, 3.05) is 6.54 Å². The third-order valence-corrected chi connectivity index (χ3v) is 3.43. The number of hydrogen-bond donors (Lipinski definition) is 1. The molecule has 7 heteroatoms. The largest absolute Gasteiger partial charge is 0.307 e. The average molecular weight is 318 g/mol. The number of alkyl halides is 1. The molecule has 0 saturated heterocycles. The summed E-state index contributed by atoms with van der Waals surface area (Å²) >= 11 is 0. The minimum atomic E-state index is -1.01. The Morgan fingerprint density at radius 3 is 2.70 bits per heavy atom. The molecule has 120 valence electrons. The molecule has 1 aromatic carbocycles. The first-order chi connectivity index (χ1) is 11.1.